The minimum atomic E-state index is -0.179. The van der Waals surface area contributed by atoms with Crippen LogP contribution in [0.1, 0.15) is 6.92 Å². The summed E-state index contributed by atoms with van der Waals surface area (Å²) in [5.41, 5.74) is 0.297. The van der Waals surface area contributed by atoms with Crippen molar-refractivity contribution in [3.05, 3.63) is 22.0 Å². The van der Waals surface area contributed by atoms with Gasteiger partial charge < -0.3 is 0 Å². The summed E-state index contributed by atoms with van der Waals surface area (Å²) < 4.78 is 0.880. The molecule has 13 heavy (non-hydrogen) atoms. The average Bonchev–Trinajstić information content (AvgIpc) is 2.59. The van der Waals surface area contributed by atoms with Crippen LogP contribution >= 0.6 is 23.5 Å². The van der Waals surface area contributed by atoms with Crippen molar-refractivity contribution in [2.75, 3.05) is 11.5 Å². The molecule has 0 radical (unpaired) electrons. The second-order valence-electron chi connectivity index (χ2n) is 2.34. The minimum absolute atomic E-state index is 0.179. The maximum atomic E-state index is 11.4. The number of hydrogen-bond donors (Lipinski definition) is 0. The number of thioether (sulfide) groups is 2. The molecule has 1 aliphatic rings. The van der Waals surface area contributed by atoms with E-state index in [2.05, 4.69) is 0 Å². The molecule has 0 unspecified atom stereocenters. The maximum Gasteiger partial charge on any atom is 0.197 e. The van der Waals surface area contributed by atoms with Crippen molar-refractivity contribution < 1.29 is 4.79 Å². The van der Waals surface area contributed by atoms with Gasteiger partial charge in [-0.3, -0.25) is 4.79 Å². The molecule has 68 valence electrons. The third-order valence-electron chi connectivity index (χ3n) is 1.43. The lowest BCUT2D eigenvalue weighted by atomic mass is 10.2. The molecule has 0 bridgehead atoms. The van der Waals surface area contributed by atoms with Crippen LogP contribution in [0.2, 0.25) is 0 Å². The molecule has 0 saturated carbocycles. The normalized spacial score (nSPS) is 16.2. The van der Waals surface area contributed by atoms with E-state index in [1.54, 1.807) is 36.5 Å². The Kier molecular flexibility index (Phi) is 4.13. The maximum absolute atomic E-state index is 11.4. The fraction of sp³-hybridized carbons (Fsp3) is 0.333. The van der Waals surface area contributed by atoms with E-state index in [0.717, 1.165) is 15.7 Å². The smallest absolute Gasteiger partial charge is 0.197 e. The highest BCUT2D eigenvalue weighted by Gasteiger charge is 2.17. The van der Waals surface area contributed by atoms with Crippen molar-refractivity contribution in [3.63, 3.8) is 0 Å². The highest BCUT2D eigenvalue weighted by atomic mass is 32.2. The van der Waals surface area contributed by atoms with Crippen molar-refractivity contribution in [2.45, 2.75) is 6.92 Å². The molecule has 1 heterocycles. The quantitative estimate of drug-likeness (QED) is 0.519. The first-order valence-electron chi connectivity index (χ1n) is 3.86. The first-order chi connectivity index (χ1) is 6.29. The number of carbonyl (C=O) groups is 1. The van der Waals surface area contributed by atoms with Gasteiger partial charge in [0.25, 0.3) is 0 Å². The Morgan fingerprint density at radius 2 is 2.15 bits per heavy atom. The molecule has 1 aliphatic heterocycles. The molecule has 0 aliphatic carbocycles. The van der Waals surface area contributed by atoms with Gasteiger partial charge in [0.1, 0.15) is 11.6 Å². The van der Waals surface area contributed by atoms with Gasteiger partial charge in [-0.05, 0) is 13.0 Å². The van der Waals surface area contributed by atoms with Gasteiger partial charge in [-0.2, -0.15) is 5.26 Å². The number of nitriles is 1. The van der Waals surface area contributed by atoms with E-state index in [1.807, 2.05) is 6.07 Å². The van der Waals surface area contributed by atoms with Gasteiger partial charge in [-0.25, -0.2) is 0 Å². The van der Waals surface area contributed by atoms with Crippen LogP contribution in [-0.4, -0.2) is 17.3 Å². The molecule has 0 amide bonds. The average molecular weight is 211 g/mol. The van der Waals surface area contributed by atoms with E-state index >= 15 is 0 Å². The molecule has 0 aromatic carbocycles. The second kappa shape index (κ2) is 5.15. The van der Waals surface area contributed by atoms with E-state index in [9.17, 15) is 4.79 Å². The van der Waals surface area contributed by atoms with Gasteiger partial charge >= 0.3 is 0 Å². The van der Waals surface area contributed by atoms with E-state index in [1.165, 1.54) is 6.08 Å². The zero-order valence-corrected chi connectivity index (χ0v) is 8.87. The fourth-order valence-electron chi connectivity index (χ4n) is 0.891. The summed E-state index contributed by atoms with van der Waals surface area (Å²) in [7, 11) is 0. The van der Waals surface area contributed by atoms with Crippen LogP contribution in [0, 0.1) is 11.3 Å². The topological polar surface area (TPSA) is 40.9 Å². The van der Waals surface area contributed by atoms with Crippen LogP contribution in [-0.2, 0) is 4.79 Å². The van der Waals surface area contributed by atoms with Crippen molar-refractivity contribution >= 4 is 29.3 Å². The Balaban J connectivity index is 2.90. The molecule has 1 rings (SSSR count). The SMILES string of the molecule is C/C=C/C(=O)C(C#N)=C1SCCS1. The first-order valence-corrected chi connectivity index (χ1v) is 5.83. The summed E-state index contributed by atoms with van der Waals surface area (Å²) in [6.45, 7) is 1.77. The van der Waals surface area contributed by atoms with Gasteiger partial charge in [0.15, 0.2) is 5.78 Å². The fourth-order valence-corrected chi connectivity index (χ4v) is 3.34. The summed E-state index contributed by atoms with van der Waals surface area (Å²) in [5.74, 6) is 1.81. The second-order valence-corrected chi connectivity index (χ2v) is 4.80. The molecule has 1 saturated heterocycles. The number of ketones is 1. The van der Waals surface area contributed by atoms with E-state index in [-0.39, 0.29) is 5.78 Å². The van der Waals surface area contributed by atoms with Crippen molar-refractivity contribution in [1.29, 1.82) is 5.26 Å². The van der Waals surface area contributed by atoms with Crippen LogP contribution in [0.25, 0.3) is 0 Å². The minimum Gasteiger partial charge on any atom is -0.288 e. The molecule has 2 nitrogen and oxygen atoms in total. The van der Waals surface area contributed by atoms with Gasteiger partial charge in [0.2, 0.25) is 0 Å². The third kappa shape index (κ3) is 2.64. The number of carbonyl (C=O) groups excluding carboxylic acids is 1. The number of allylic oxidation sites excluding steroid dienone is 3. The number of hydrogen-bond acceptors (Lipinski definition) is 4. The molecule has 0 aromatic heterocycles. The van der Waals surface area contributed by atoms with Gasteiger partial charge in [-0.1, -0.05) is 6.08 Å². The van der Waals surface area contributed by atoms with E-state index < -0.39 is 0 Å². The highest BCUT2D eigenvalue weighted by Crippen LogP contribution is 2.38. The van der Waals surface area contributed by atoms with Gasteiger partial charge in [0, 0.05) is 11.5 Å². The first kappa shape index (κ1) is 10.4. The summed E-state index contributed by atoms with van der Waals surface area (Å²) >= 11 is 3.19. The third-order valence-corrected chi connectivity index (χ3v) is 4.14. The molecule has 0 aromatic rings. The van der Waals surface area contributed by atoms with Crippen molar-refractivity contribution in [3.8, 4) is 6.07 Å². The lowest BCUT2D eigenvalue weighted by molar-refractivity contribution is -0.111. The Labute approximate surface area is 86.1 Å². The molecule has 0 N–H and O–H groups in total. The van der Waals surface area contributed by atoms with Gasteiger partial charge in [-0.15, -0.1) is 23.5 Å². The highest BCUT2D eigenvalue weighted by molar-refractivity contribution is 8.25. The molecular weight excluding hydrogens is 202 g/mol. The number of nitrogens with zero attached hydrogens (tertiary/aromatic N) is 1. The predicted octanol–water partition coefficient (Wildman–Crippen LogP) is 2.35. The van der Waals surface area contributed by atoms with Crippen LogP contribution in [0.15, 0.2) is 22.0 Å². The lowest BCUT2D eigenvalue weighted by Crippen LogP contribution is -1.96. The van der Waals surface area contributed by atoms with Gasteiger partial charge in [0.05, 0.1) is 4.24 Å². The van der Waals surface area contributed by atoms with Crippen LogP contribution in [0.4, 0.5) is 0 Å². The molecule has 0 spiro atoms. The largest absolute Gasteiger partial charge is 0.288 e. The summed E-state index contributed by atoms with van der Waals surface area (Å²) in [5, 5.41) is 8.79. The Bertz CT molecular complexity index is 304. The monoisotopic (exact) mass is 211 g/mol. The van der Waals surface area contributed by atoms with E-state index in [4.69, 9.17) is 5.26 Å². The van der Waals surface area contributed by atoms with Crippen LogP contribution in [0.3, 0.4) is 0 Å². The predicted molar refractivity (Wildman–Crippen MR) is 57.4 cm³/mol. The Morgan fingerprint density at radius 1 is 1.54 bits per heavy atom. The van der Waals surface area contributed by atoms with E-state index in [0.29, 0.717) is 5.57 Å². The summed E-state index contributed by atoms with van der Waals surface area (Å²) in [6.07, 6.45) is 3.09. The van der Waals surface area contributed by atoms with Crippen molar-refractivity contribution in [1.82, 2.24) is 0 Å². The van der Waals surface area contributed by atoms with Crippen LogP contribution in [0.5, 0.6) is 0 Å². The molecule has 1 fully saturated rings. The zero-order chi connectivity index (χ0) is 9.68. The number of rotatable bonds is 2. The zero-order valence-electron chi connectivity index (χ0n) is 7.24. The molecule has 0 atom stereocenters. The standard InChI is InChI=1S/C9H9NOS2/c1-2-3-8(11)7(6-10)9-12-4-5-13-9/h2-3H,4-5H2,1H3/b3-2+. The molecular formula is C9H9NOS2. The Hall–Kier alpha value is -0.660. The van der Waals surface area contributed by atoms with Crippen LogP contribution < -0.4 is 0 Å². The summed E-state index contributed by atoms with van der Waals surface area (Å²) in [6, 6.07) is 1.97. The summed E-state index contributed by atoms with van der Waals surface area (Å²) in [4.78, 5) is 11.4. The lowest BCUT2D eigenvalue weighted by Gasteiger charge is -1.96. The Morgan fingerprint density at radius 3 is 2.62 bits per heavy atom. The molecule has 4 heteroatoms. The van der Waals surface area contributed by atoms with Crippen molar-refractivity contribution in [2.24, 2.45) is 0 Å².